The fourth-order valence-corrected chi connectivity index (χ4v) is 2.44. The molecule has 0 aliphatic carbocycles. The van der Waals surface area contributed by atoms with Crippen LogP contribution in [0.25, 0.3) is 10.9 Å². The van der Waals surface area contributed by atoms with Crippen LogP contribution in [0.1, 0.15) is 32.3 Å². The van der Waals surface area contributed by atoms with Gasteiger partial charge in [0.25, 0.3) is 0 Å². The van der Waals surface area contributed by atoms with Crippen molar-refractivity contribution < 1.29 is 0 Å². The van der Waals surface area contributed by atoms with Crippen molar-refractivity contribution in [1.29, 1.82) is 0 Å². The second-order valence-corrected chi connectivity index (χ2v) is 5.27. The Kier molecular flexibility index (Phi) is 4.38. The van der Waals surface area contributed by atoms with Crippen LogP contribution in [-0.2, 0) is 6.54 Å². The first-order valence-electron chi connectivity index (χ1n) is 6.95. The quantitative estimate of drug-likeness (QED) is 0.834. The molecule has 102 valence electrons. The highest BCUT2D eigenvalue weighted by Gasteiger charge is 2.11. The first-order valence-corrected chi connectivity index (χ1v) is 6.95. The van der Waals surface area contributed by atoms with Crippen LogP contribution >= 0.6 is 0 Å². The summed E-state index contributed by atoms with van der Waals surface area (Å²) in [7, 11) is 2.17. The maximum absolute atomic E-state index is 6.01. The lowest BCUT2D eigenvalue weighted by molar-refractivity contribution is 0.237. The van der Waals surface area contributed by atoms with Crippen molar-refractivity contribution in [1.82, 2.24) is 9.88 Å². The highest BCUT2D eigenvalue weighted by molar-refractivity contribution is 5.92. The molecule has 1 heterocycles. The zero-order valence-electron chi connectivity index (χ0n) is 12.1. The normalized spacial score (nSPS) is 13.1. The Morgan fingerprint density at radius 3 is 2.84 bits per heavy atom. The Bertz CT molecular complexity index is 551. The second-order valence-electron chi connectivity index (χ2n) is 5.27. The van der Waals surface area contributed by atoms with Gasteiger partial charge >= 0.3 is 0 Å². The Morgan fingerprint density at radius 2 is 2.11 bits per heavy atom. The molecule has 0 bridgehead atoms. The molecule has 0 radical (unpaired) electrons. The van der Waals surface area contributed by atoms with E-state index in [1.165, 1.54) is 18.4 Å². The summed E-state index contributed by atoms with van der Waals surface area (Å²) in [6.45, 7) is 5.41. The molecular weight excluding hydrogens is 234 g/mol. The molecule has 3 nitrogen and oxygen atoms in total. The zero-order chi connectivity index (χ0) is 13.8. The average Bonchev–Trinajstić information content (AvgIpc) is 2.42. The molecule has 19 heavy (non-hydrogen) atoms. The van der Waals surface area contributed by atoms with Crippen LogP contribution in [0.4, 0.5) is 5.69 Å². The van der Waals surface area contributed by atoms with Gasteiger partial charge in [0.05, 0.1) is 5.52 Å². The topological polar surface area (TPSA) is 42.1 Å². The van der Waals surface area contributed by atoms with Crippen LogP contribution in [0.3, 0.4) is 0 Å². The van der Waals surface area contributed by atoms with Gasteiger partial charge < -0.3 is 5.73 Å². The Morgan fingerprint density at radius 1 is 1.32 bits per heavy atom. The van der Waals surface area contributed by atoms with Crippen molar-refractivity contribution in [3.63, 3.8) is 0 Å². The molecule has 0 saturated heterocycles. The summed E-state index contributed by atoms with van der Waals surface area (Å²) < 4.78 is 0. The van der Waals surface area contributed by atoms with Crippen LogP contribution in [0.5, 0.6) is 0 Å². The number of benzene rings is 1. The number of pyridine rings is 1. The Balaban J connectivity index is 2.28. The molecule has 2 N–H and O–H groups in total. The van der Waals surface area contributed by atoms with Crippen molar-refractivity contribution >= 4 is 16.6 Å². The van der Waals surface area contributed by atoms with Gasteiger partial charge in [0.15, 0.2) is 0 Å². The fraction of sp³-hybridized carbons (Fsp3) is 0.438. The van der Waals surface area contributed by atoms with Gasteiger partial charge in [0.2, 0.25) is 0 Å². The number of rotatable bonds is 5. The predicted octanol–water partition coefficient (Wildman–Crippen LogP) is 3.44. The van der Waals surface area contributed by atoms with Crippen LogP contribution in [0, 0.1) is 0 Å². The number of nitrogens with zero attached hydrogens (tertiary/aromatic N) is 2. The van der Waals surface area contributed by atoms with Gasteiger partial charge in [0.1, 0.15) is 0 Å². The smallest absolute Gasteiger partial charge is 0.0767 e. The SMILES string of the molecule is CCCC(C)N(C)Cc1ccc(N)c2cccnc12. The van der Waals surface area contributed by atoms with E-state index in [-0.39, 0.29) is 0 Å². The Labute approximate surface area is 115 Å². The van der Waals surface area contributed by atoms with Crippen molar-refractivity contribution in [3.05, 3.63) is 36.0 Å². The van der Waals surface area contributed by atoms with E-state index in [9.17, 15) is 0 Å². The molecule has 0 amide bonds. The van der Waals surface area contributed by atoms with Crippen molar-refractivity contribution in [3.8, 4) is 0 Å². The number of hydrogen-bond acceptors (Lipinski definition) is 3. The summed E-state index contributed by atoms with van der Waals surface area (Å²) >= 11 is 0. The number of fused-ring (bicyclic) bond motifs is 1. The third-order valence-electron chi connectivity index (χ3n) is 3.77. The van der Waals surface area contributed by atoms with Crippen molar-refractivity contribution in [2.24, 2.45) is 0 Å². The molecule has 3 heteroatoms. The van der Waals surface area contributed by atoms with Gasteiger partial charge in [-0.3, -0.25) is 9.88 Å². The Hall–Kier alpha value is -1.61. The van der Waals surface area contributed by atoms with E-state index in [0.29, 0.717) is 6.04 Å². The van der Waals surface area contributed by atoms with E-state index in [2.05, 4.69) is 36.8 Å². The number of aromatic nitrogens is 1. The predicted molar refractivity (Wildman–Crippen MR) is 82.0 cm³/mol. The van der Waals surface area contributed by atoms with E-state index >= 15 is 0 Å². The molecule has 0 saturated carbocycles. The first kappa shape index (κ1) is 13.8. The van der Waals surface area contributed by atoms with Crippen LogP contribution in [-0.4, -0.2) is 23.0 Å². The van der Waals surface area contributed by atoms with Crippen molar-refractivity contribution in [2.45, 2.75) is 39.3 Å². The molecule has 0 fully saturated rings. The van der Waals surface area contributed by atoms with E-state index in [1.54, 1.807) is 0 Å². The van der Waals surface area contributed by atoms with Gasteiger partial charge in [-0.05, 0) is 44.2 Å². The van der Waals surface area contributed by atoms with Gasteiger partial charge in [-0.2, -0.15) is 0 Å². The number of nitrogen functional groups attached to an aromatic ring is 1. The highest BCUT2D eigenvalue weighted by Crippen LogP contribution is 2.24. The van der Waals surface area contributed by atoms with Crippen LogP contribution < -0.4 is 5.73 Å². The molecule has 0 spiro atoms. The lowest BCUT2D eigenvalue weighted by Gasteiger charge is -2.24. The highest BCUT2D eigenvalue weighted by atomic mass is 15.1. The summed E-state index contributed by atoms with van der Waals surface area (Å²) in [6, 6.07) is 8.64. The van der Waals surface area contributed by atoms with Gasteiger partial charge in [-0.1, -0.05) is 19.4 Å². The minimum absolute atomic E-state index is 0.585. The van der Waals surface area contributed by atoms with Gasteiger partial charge in [0, 0.05) is 29.9 Å². The molecule has 0 aliphatic rings. The standard InChI is InChI=1S/C16H23N3/c1-4-6-12(2)19(3)11-13-8-9-15(17)14-7-5-10-18-16(13)14/h5,7-10,12H,4,6,11,17H2,1-3H3. The molecule has 0 aliphatic heterocycles. The molecule has 1 aromatic carbocycles. The molecule has 1 atom stereocenters. The summed E-state index contributed by atoms with van der Waals surface area (Å²) in [5, 5.41) is 1.05. The maximum atomic E-state index is 6.01. The molecule has 2 rings (SSSR count). The van der Waals surface area contributed by atoms with Crippen molar-refractivity contribution in [2.75, 3.05) is 12.8 Å². The molecule has 2 aromatic rings. The maximum Gasteiger partial charge on any atom is 0.0767 e. The number of hydrogen-bond donors (Lipinski definition) is 1. The average molecular weight is 257 g/mol. The fourth-order valence-electron chi connectivity index (χ4n) is 2.44. The largest absolute Gasteiger partial charge is 0.398 e. The van der Waals surface area contributed by atoms with Crippen LogP contribution in [0.2, 0.25) is 0 Å². The lowest BCUT2D eigenvalue weighted by Crippen LogP contribution is -2.28. The van der Waals surface area contributed by atoms with Gasteiger partial charge in [-0.15, -0.1) is 0 Å². The minimum Gasteiger partial charge on any atom is -0.398 e. The lowest BCUT2D eigenvalue weighted by atomic mass is 10.1. The van der Waals surface area contributed by atoms with Gasteiger partial charge in [-0.25, -0.2) is 0 Å². The molecular formula is C16H23N3. The second kappa shape index (κ2) is 6.02. The van der Waals surface area contributed by atoms with Crippen LogP contribution in [0.15, 0.2) is 30.5 Å². The minimum atomic E-state index is 0.585. The summed E-state index contributed by atoms with van der Waals surface area (Å²) in [6.07, 6.45) is 4.27. The monoisotopic (exact) mass is 257 g/mol. The third kappa shape index (κ3) is 3.04. The molecule has 1 aromatic heterocycles. The summed E-state index contributed by atoms with van der Waals surface area (Å²) in [5.41, 5.74) is 9.08. The van der Waals surface area contributed by atoms with E-state index < -0.39 is 0 Å². The third-order valence-corrected chi connectivity index (χ3v) is 3.77. The van der Waals surface area contributed by atoms with E-state index in [4.69, 9.17) is 5.73 Å². The van der Waals surface area contributed by atoms with E-state index in [1.807, 2.05) is 24.4 Å². The van der Waals surface area contributed by atoms with E-state index in [0.717, 1.165) is 23.1 Å². The number of nitrogens with two attached hydrogens (primary N) is 1. The zero-order valence-corrected chi connectivity index (χ0v) is 12.1. The summed E-state index contributed by atoms with van der Waals surface area (Å²) in [4.78, 5) is 6.87. The summed E-state index contributed by atoms with van der Waals surface area (Å²) in [5.74, 6) is 0. The number of anilines is 1. The first-order chi connectivity index (χ1) is 9.13. The molecule has 1 unspecified atom stereocenters.